The monoisotopic (exact) mass is 354 g/mol. The zero-order chi connectivity index (χ0) is 14.7. The number of halogens is 1. The average Bonchev–Trinajstić information content (AvgIpc) is 2.76. The van der Waals surface area contributed by atoms with Gasteiger partial charge in [-0.2, -0.15) is 0 Å². The standard InChI is InChI=1S/C15H19BrN2OS/c1-9-6-15(20-10(9)2)13(18-17)8-11-4-5-14(19-3)12(16)7-11/h4-7,13,18H,8,17H2,1-3H3. The third kappa shape index (κ3) is 3.41. The maximum atomic E-state index is 5.73. The predicted octanol–water partition coefficient (Wildman–Crippen LogP) is 3.88. The van der Waals surface area contributed by atoms with Crippen molar-refractivity contribution in [1.82, 2.24) is 5.43 Å². The summed E-state index contributed by atoms with van der Waals surface area (Å²) >= 11 is 5.32. The predicted molar refractivity (Wildman–Crippen MR) is 88.3 cm³/mol. The van der Waals surface area contributed by atoms with E-state index in [2.05, 4.69) is 53.4 Å². The maximum absolute atomic E-state index is 5.73. The molecule has 1 unspecified atom stereocenters. The van der Waals surface area contributed by atoms with Gasteiger partial charge < -0.3 is 4.74 Å². The zero-order valence-corrected chi connectivity index (χ0v) is 14.3. The molecule has 1 heterocycles. The van der Waals surface area contributed by atoms with Crippen LogP contribution in [0.15, 0.2) is 28.7 Å². The fourth-order valence-corrected chi connectivity index (χ4v) is 3.78. The van der Waals surface area contributed by atoms with Gasteiger partial charge in [0, 0.05) is 9.75 Å². The highest BCUT2D eigenvalue weighted by Gasteiger charge is 2.15. The molecule has 1 aromatic heterocycles. The van der Waals surface area contributed by atoms with Gasteiger partial charge in [0.1, 0.15) is 5.75 Å². The lowest BCUT2D eigenvalue weighted by atomic mass is 10.0. The highest BCUT2D eigenvalue weighted by Crippen LogP contribution is 2.31. The van der Waals surface area contributed by atoms with Gasteiger partial charge in [-0.15, -0.1) is 11.3 Å². The number of thiophene rings is 1. The van der Waals surface area contributed by atoms with E-state index in [1.165, 1.54) is 20.9 Å². The third-order valence-corrected chi connectivity index (χ3v) is 5.27. The molecule has 1 atom stereocenters. The van der Waals surface area contributed by atoms with E-state index in [4.69, 9.17) is 10.6 Å². The van der Waals surface area contributed by atoms with E-state index >= 15 is 0 Å². The Morgan fingerprint density at radius 1 is 1.35 bits per heavy atom. The molecule has 0 aliphatic heterocycles. The van der Waals surface area contributed by atoms with Crippen LogP contribution >= 0.6 is 27.3 Å². The lowest BCUT2D eigenvalue weighted by Gasteiger charge is -2.15. The van der Waals surface area contributed by atoms with Crippen LogP contribution in [0.3, 0.4) is 0 Å². The van der Waals surface area contributed by atoms with Crippen molar-refractivity contribution in [2.45, 2.75) is 26.3 Å². The van der Waals surface area contributed by atoms with Crippen LogP contribution in [0, 0.1) is 13.8 Å². The number of hydrogen-bond acceptors (Lipinski definition) is 4. The van der Waals surface area contributed by atoms with Crippen molar-refractivity contribution in [3.8, 4) is 5.75 Å². The van der Waals surface area contributed by atoms with E-state index in [1.807, 2.05) is 6.07 Å². The van der Waals surface area contributed by atoms with Gasteiger partial charge in [0.25, 0.3) is 0 Å². The van der Waals surface area contributed by atoms with E-state index in [1.54, 1.807) is 18.4 Å². The SMILES string of the molecule is COc1ccc(CC(NN)c2cc(C)c(C)s2)cc1Br. The molecule has 0 spiro atoms. The second-order valence-electron chi connectivity index (χ2n) is 4.78. The molecule has 3 N–H and O–H groups in total. The molecule has 0 saturated carbocycles. The van der Waals surface area contributed by atoms with E-state index in [9.17, 15) is 0 Å². The van der Waals surface area contributed by atoms with Gasteiger partial charge in [-0.25, -0.2) is 0 Å². The topological polar surface area (TPSA) is 47.3 Å². The first-order valence-electron chi connectivity index (χ1n) is 6.40. The van der Waals surface area contributed by atoms with E-state index in [0.29, 0.717) is 0 Å². The Kier molecular flexibility index (Phi) is 5.21. The minimum atomic E-state index is 0.132. The maximum Gasteiger partial charge on any atom is 0.133 e. The summed E-state index contributed by atoms with van der Waals surface area (Å²) in [6, 6.07) is 8.46. The van der Waals surface area contributed by atoms with Gasteiger partial charge in [-0.05, 0) is 65.5 Å². The summed E-state index contributed by atoms with van der Waals surface area (Å²) in [6.07, 6.45) is 0.846. The van der Waals surface area contributed by atoms with Crippen LogP contribution in [0.5, 0.6) is 5.75 Å². The number of ether oxygens (including phenoxy) is 1. The second-order valence-corrected chi connectivity index (χ2v) is 6.92. The zero-order valence-electron chi connectivity index (χ0n) is 11.9. The number of hydrogen-bond donors (Lipinski definition) is 2. The van der Waals surface area contributed by atoms with Crippen molar-refractivity contribution >= 4 is 27.3 Å². The number of nitrogens with one attached hydrogen (secondary N) is 1. The first-order chi connectivity index (χ1) is 9.55. The Morgan fingerprint density at radius 3 is 2.60 bits per heavy atom. The van der Waals surface area contributed by atoms with Crippen molar-refractivity contribution in [3.63, 3.8) is 0 Å². The number of nitrogens with two attached hydrogens (primary N) is 1. The summed E-state index contributed by atoms with van der Waals surface area (Å²) in [5.74, 6) is 6.57. The van der Waals surface area contributed by atoms with Gasteiger partial charge in [0.2, 0.25) is 0 Å². The molecule has 2 rings (SSSR count). The molecular weight excluding hydrogens is 336 g/mol. The second kappa shape index (κ2) is 6.72. The molecule has 0 fully saturated rings. The lowest BCUT2D eigenvalue weighted by Crippen LogP contribution is -2.28. The first-order valence-corrected chi connectivity index (χ1v) is 8.01. The summed E-state index contributed by atoms with van der Waals surface area (Å²) in [5, 5.41) is 0. The van der Waals surface area contributed by atoms with Crippen molar-refractivity contribution in [3.05, 3.63) is 49.6 Å². The molecule has 1 aromatic carbocycles. The largest absolute Gasteiger partial charge is 0.496 e. The highest BCUT2D eigenvalue weighted by atomic mass is 79.9. The minimum Gasteiger partial charge on any atom is -0.496 e. The fourth-order valence-electron chi connectivity index (χ4n) is 2.09. The Labute approximate surface area is 132 Å². The molecule has 0 aliphatic carbocycles. The quantitative estimate of drug-likeness (QED) is 0.632. The smallest absolute Gasteiger partial charge is 0.133 e. The Balaban J connectivity index is 2.20. The third-order valence-electron chi connectivity index (χ3n) is 3.39. The normalized spacial score (nSPS) is 12.4. The fraction of sp³-hybridized carbons (Fsp3) is 0.333. The molecule has 5 heteroatoms. The molecule has 0 radical (unpaired) electrons. The summed E-state index contributed by atoms with van der Waals surface area (Å²) in [5.41, 5.74) is 5.45. The van der Waals surface area contributed by atoms with Gasteiger partial charge in [-0.1, -0.05) is 6.07 Å². The average molecular weight is 355 g/mol. The molecule has 108 valence electrons. The molecule has 0 bridgehead atoms. The van der Waals surface area contributed by atoms with E-state index < -0.39 is 0 Å². The van der Waals surface area contributed by atoms with Crippen LogP contribution < -0.4 is 16.0 Å². The van der Waals surface area contributed by atoms with Crippen molar-refractivity contribution in [1.29, 1.82) is 0 Å². The van der Waals surface area contributed by atoms with Crippen LogP contribution in [-0.2, 0) is 6.42 Å². The van der Waals surface area contributed by atoms with Crippen LogP contribution in [0.1, 0.15) is 26.9 Å². The molecule has 2 aromatic rings. The highest BCUT2D eigenvalue weighted by molar-refractivity contribution is 9.10. The van der Waals surface area contributed by atoms with Gasteiger partial charge in [-0.3, -0.25) is 11.3 Å². The minimum absolute atomic E-state index is 0.132. The van der Waals surface area contributed by atoms with Crippen molar-refractivity contribution < 1.29 is 4.74 Å². The van der Waals surface area contributed by atoms with Crippen LogP contribution in [0.4, 0.5) is 0 Å². The summed E-state index contributed by atoms with van der Waals surface area (Å²) in [6.45, 7) is 4.27. The molecule has 0 aliphatic rings. The first kappa shape index (κ1) is 15.5. The van der Waals surface area contributed by atoms with Gasteiger partial charge >= 0.3 is 0 Å². The van der Waals surface area contributed by atoms with Crippen LogP contribution in [0.2, 0.25) is 0 Å². The summed E-state index contributed by atoms with van der Waals surface area (Å²) in [4.78, 5) is 2.62. The number of benzene rings is 1. The summed E-state index contributed by atoms with van der Waals surface area (Å²) < 4.78 is 6.21. The van der Waals surface area contributed by atoms with E-state index in [-0.39, 0.29) is 6.04 Å². The van der Waals surface area contributed by atoms with E-state index in [0.717, 1.165) is 16.6 Å². The van der Waals surface area contributed by atoms with Gasteiger partial charge in [0.15, 0.2) is 0 Å². The van der Waals surface area contributed by atoms with Crippen molar-refractivity contribution in [2.75, 3.05) is 7.11 Å². The van der Waals surface area contributed by atoms with Crippen molar-refractivity contribution in [2.24, 2.45) is 5.84 Å². The number of hydrazine groups is 1. The number of aryl methyl sites for hydroxylation is 2. The molecule has 20 heavy (non-hydrogen) atoms. The van der Waals surface area contributed by atoms with Gasteiger partial charge in [0.05, 0.1) is 17.6 Å². The number of rotatable bonds is 5. The summed E-state index contributed by atoms with van der Waals surface area (Å²) in [7, 11) is 1.67. The Bertz CT molecular complexity index is 578. The Hall–Kier alpha value is -0.880. The number of methoxy groups -OCH3 is 1. The lowest BCUT2D eigenvalue weighted by molar-refractivity contribution is 0.412. The van der Waals surface area contributed by atoms with Crippen LogP contribution in [-0.4, -0.2) is 7.11 Å². The molecule has 3 nitrogen and oxygen atoms in total. The molecular formula is C15H19BrN2OS. The molecule has 0 saturated heterocycles. The van der Waals surface area contributed by atoms with Crippen LogP contribution in [0.25, 0.3) is 0 Å². The molecule has 0 amide bonds. The Morgan fingerprint density at radius 2 is 2.10 bits per heavy atom.